The Bertz CT molecular complexity index is 664. The molecule has 0 amide bonds. The number of rotatable bonds is 2. The second-order valence-electron chi connectivity index (χ2n) is 4.23. The van der Waals surface area contributed by atoms with Crippen LogP contribution in [0.3, 0.4) is 0 Å². The van der Waals surface area contributed by atoms with Crippen molar-refractivity contribution in [3.8, 4) is 0 Å². The van der Waals surface area contributed by atoms with Crippen molar-refractivity contribution >= 4 is 38.1 Å². The molecule has 98 valence electrons. The van der Waals surface area contributed by atoms with Crippen molar-refractivity contribution in [2.75, 3.05) is 14.2 Å². The third kappa shape index (κ3) is 2.51. The van der Waals surface area contributed by atoms with Gasteiger partial charge < -0.3 is 9.47 Å². The van der Waals surface area contributed by atoms with E-state index < -0.39 is 11.9 Å². The fourth-order valence-electron chi connectivity index (χ4n) is 1.97. The summed E-state index contributed by atoms with van der Waals surface area (Å²) in [6.45, 7) is 0. The normalized spacial score (nSPS) is 10.4. The van der Waals surface area contributed by atoms with Gasteiger partial charge in [-0.3, -0.25) is 0 Å². The lowest BCUT2D eigenvalue weighted by Gasteiger charge is -2.09. The van der Waals surface area contributed by atoms with E-state index in [1.165, 1.54) is 19.4 Å². The molecule has 0 spiro atoms. The fourth-order valence-corrected chi connectivity index (χ4v) is 2.45. The van der Waals surface area contributed by atoms with E-state index in [2.05, 4.69) is 0 Å². The van der Waals surface area contributed by atoms with Gasteiger partial charge in [0.2, 0.25) is 0 Å². The van der Waals surface area contributed by atoms with E-state index in [0.29, 0.717) is 0 Å². The SMILES string of the molecule is COC(=O)c1cc2ccc([SiH3])cc2cc1C(=O)OC. The van der Waals surface area contributed by atoms with Crippen LogP contribution >= 0.6 is 0 Å². The first-order chi connectivity index (χ1) is 9.06. The number of hydrogen-bond acceptors (Lipinski definition) is 4. The van der Waals surface area contributed by atoms with E-state index in [-0.39, 0.29) is 11.1 Å². The van der Waals surface area contributed by atoms with Crippen molar-refractivity contribution in [2.45, 2.75) is 0 Å². The molecular weight excluding hydrogens is 260 g/mol. The van der Waals surface area contributed by atoms with Gasteiger partial charge in [-0.1, -0.05) is 23.4 Å². The molecule has 0 unspecified atom stereocenters. The molecule has 0 atom stereocenters. The number of benzene rings is 2. The zero-order valence-electron chi connectivity index (χ0n) is 11.0. The number of hydrogen-bond donors (Lipinski definition) is 0. The van der Waals surface area contributed by atoms with Gasteiger partial charge in [0.15, 0.2) is 0 Å². The van der Waals surface area contributed by atoms with Gasteiger partial charge in [-0.25, -0.2) is 9.59 Å². The molecule has 4 nitrogen and oxygen atoms in total. The number of ether oxygens (including phenoxy) is 2. The van der Waals surface area contributed by atoms with Crippen LogP contribution in [-0.4, -0.2) is 36.4 Å². The summed E-state index contributed by atoms with van der Waals surface area (Å²) in [5, 5.41) is 3.03. The Kier molecular flexibility index (Phi) is 3.66. The molecule has 0 heterocycles. The molecule has 0 aliphatic rings. The van der Waals surface area contributed by atoms with E-state index in [1.54, 1.807) is 12.1 Å². The molecule has 0 aromatic heterocycles. The standard InChI is InChI=1S/C14H14O4Si/c1-17-13(15)11-6-8-3-4-10(19)5-9(8)7-12(11)14(16)18-2/h3-7H,1-2,19H3. The summed E-state index contributed by atoms with van der Waals surface area (Å²) >= 11 is 0. The summed E-state index contributed by atoms with van der Waals surface area (Å²) in [7, 11) is 3.50. The third-order valence-corrected chi connectivity index (χ3v) is 3.56. The highest BCUT2D eigenvalue weighted by atomic mass is 28.1. The quantitative estimate of drug-likeness (QED) is 0.588. The molecule has 5 heteroatoms. The minimum absolute atomic E-state index is 0.225. The van der Waals surface area contributed by atoms with E-state index in [9.17, 15) is 9.59 Å². The van der Waals surface area contributed by atoms with Crippen LogP contribution in [0.15, 0.2) is 30.3 Å². The molecular formula is C14H14O4Si. The Morgan fingerprint density at radius 2 is 1.42 bits per heavy atom. The van der Waals surface area contributed by atoms with Gasteiger partial charge in [0.1, 0.15) is 0 Å². The van der Waals surface area contributed by atoms with Crippen molar-refractivity contribution in [1.29, 1.82) is 0 Å². The lowest BCUT2D eigenvalue weighted by Crippen LogP contribution is -2.12. The van der Waals surface area contributed by atoms with Crippen LogP contribution in [0.5, 0.6) is 0 Å². The Hall–Kier alpha value is -2.14. The molecule has 0 saturated carbocycles. The van der Waals surface area contributed by atoms with Gasteiger partial charge in [0.25, 0.3) is 0 Å². The largest absolute Gasteiger partial charge is 0.465 e. The van der Waals surface area contributed by atoms with Crippen molar-refractivity contribution in [2.24, 2.45) is 0 Å². The molecule has 0 N–H and O–H groups in total. The highest BCUT2D eigenvalue weighted by Crippen LogP contribution is 2.21. The maximum Gasteiger partial charge on any atom is 0.338 e. The maximum absolute atomic E-state index is 11.8. The Balaban J connectivity index is 2.73. The molecule has 0 radical (unpaired) electrons. The van der Waals surface area contributed by atoms with Crippen molar-refractivity contribution in [1.82, 2.24) is 0 Å². The molecule has 0 bridgehead atoms. The fraction of sp³-hybridized carbons (Fsp3) is 0.143. The predicted molar refractivity (Wildman–Crippen MR) is 76.2 cm³/mol. The summed E-state index contributed by atoms with van der Waals surface area (Å²) in [6.07, 6.45) is 0. The van der Waals surface area contributed by atoms with Crippen LogP contribution in [0.1, 0.15) is 20.7 Å². The third-order valence-electron chi connectivity index (χ3n) is 2.94. The highest BCUT2D eigenvalue weighted by molar-refractivity contribution is 6.33. The summed E-state index contributed by atoms with van der Waals surface area (Å²) in [5.41, 5.74) is 0.456. The number of carbonyl (C=O) groups excluding carboxylic acids is 2. The van der Waals surface area contributed by atoms with Crippen molar-refractivity contribution in [3.05, 3.63) is 41.5 Å². The summed E-state index contributed by atoms with van der Waals surface area (Å²) in [5.74, 6) is -1.08. The van der Waals surface area contributed by atoms with Gasteiger partial charge in [-0.05, 0) is 22.9 Å². The van der Waals surface area contributed by atoms with Gasteiger partial charge in [-0.2, -0.15) is 0 Å². The van der Waals surface area contributed by atoms with E-state index in [1.807, 2.05) is 18.2 Å². The Morgan fingerprint density at radius 1 is 0.895 bits per heavy atom. The summed E-state index contributed by atoms with van der Waals surface area (Å²) < 4.78 is 9.42. The number of fused-ring (bicyclic) bond motifs is 1. The van der Waals surface area contributed by atoms with Crippen LogP contribution in [0, 0.1) is 0 Å². The number of esters is 2. The second kappa shape index (κ2) is 5.24. The van der Waals surface area contributed by atoms with E-state index in [4.69, 9.17) is 9.47 Å². The van der Waals surface area contributed by atoms with Gasteiger partial charge in [0.05, 0.1) is 25.3 Å². The molecule has 2 aromatic carbocycles. The molecule has 0 aliphatic heterocycles. The number of methoxy groups -OCH3 is 2. The first-order valence-corrected chi connectivity index (χ1v) is 6.78. The molecule has 2 aromatic rings. The zero-order valence-corrected chi connectivity index (χ0v) is 13.0. The number of carbonyl (C=O) groups is 2. The molecule has 2 rings (SSSR count). The first-order valence-electron chi connectivity index (χ1n) is 5.78. The van der Waals surface area contributed by atoms with E-state index >= 15 is 0 Å². The average molecular weight is 274 g/mol. The van der Waals surface area contributed by atoms with Crippen LogP contribution in [0.4, 0.5) is 0 Å². The lowest BCUT2D eigenvalue weighted by molar-refractivity contribution is 0.0555. The molecule has 19 heavy (non-hydrogen) atoms. The van der Waals surface area contributed by atoms with Gasteiger partial charge in [-0.15, -0.1) is 0 Å². The Labute approximate surface area is 113 Å². The lowest BCUT2D eigenvalue weighted by atomic mass is 10.0. The molecule has 0 aliphatic carbocycles. The van der Waals surface area contributed by atoms with Crippen molar-refractivity contribution in [3.63, 3.8) is 0 Å². The minimum Gasteiger partial charge on any atom is -0.465 e. The van der Waals surface area contributed by atoms with Gasteiger partial charge in [0, 0.05) is 10.2 Å². The van der Waals surface area contributed by atoms with Crippen LogP contribution in [0.25, 0.3) is 10.8 Å². The van der Waals surface area contributed by atoms with Gasteiger partial charge >= 0.3 is 11.9 Å². The zero-order chi connectivity index (χ0) is 14.0. The van der Waals surface area contributed by atoms with Crippen LogP contribution in [-0.2, 0) is 9.47 Å². The smallest absolute Gasteiger partial charge is 0.338 e. The molecule has 0 saturated heterocycles. The minimum atomic E-state index is -0.544. The Morgan fingerprint density at radius 3 is 1.95 bits per heavy atom. The van der Waals surface area contributed by atoms with Crippen molar-refractivity contribution < 1.29 is 19.1 Å². The predicted octanol–water partition coefficient (Wildman–Crippen LogP) is 0.404. The molecule has 0 fully saturated rings. The first kappa shape index (κ1) is 13.3. The monoisotopic (exact) mass is 274 g/mol. The summed E-state index contributed by atoms with van der Waals surface area (Å²) in [6, 6.07) is 9.29. The topological polar surface area (TPSA) is 52.6 Å². The average Bonchev–Trinajstić information content (AvgIpc) is 2.44. The van der Waals surface area contributed by atoms with E-state index in [0.717, 1.165) is 21.0 Å². The highest BCUT2D eigenvalue weighted by Gasteiger charge is 2.19. The second-order valence-corrected chi connectivity index (χ2v) is 5.39. The summed E-state index contributed by atoms with van der Waals surface area (Å²) in [4.78, 5) is 23.5. The van der Waals surface area contributed by atoms with Crippen LogP contribution < -0.4 is 5.19 Å². The van der Waals surface area contributed by atoms with Crippen LogP contribution in [0.2, 0.25) is 0 Å². The maximum atomic E-state index is 11.8.